The van der Waals surface area contributed by atoms with Crippen molar-refractivity contribution in [1.82, 2.24) is 14.8 Å². The summed E-state index contributed by atoms with van der Waals surface area (Å²) in [5, 5.41) is 9.99. The van der Waals surface area contributed by atoms with Gasteiger partial charge in [-0.3, -0.25) is 9.52 Å². The zero-order valence-corrected chi connectivity index (χ0v) is 18.2. The molecule has 2 N–H and O–H groups in total. The van der Waals surface area contributed by atoms with E-state index in [9.17, 15) is 18.5 Å². The molecule has 9 heteroatoms. The topological polar surface area (TPSA) is 109 Å². The average Bonchev–Trinajstić information content (AvgIpc) is 3.21. The maximum Gasteiger partial charge on any atom is 0.261 e. The number of aryl methyl sites for hydroxylation is 1. The molecule has 1 amide bonds. The third-order valence-corrected chi connectivity index (χ3v) is 6.95. The molecule has 1 aliphatic heterocycles. The molecule has 0 saturated carbocycles. The summed E-state index contributed by atoms with van der Waals surface area (Å²) in [4.78, 5) is 19.7. The first-order valence-corrected chi connectivity index (χ1v) is 11.4. The Bertz CT molecular complexity index is 1300. The van der Waals surface area contributed by atoms with E-state index in [0.717, 1.165) is 18.7 Å². The number of piperazine rings is 1. The number of aromatic nitrogens is 1. The number of carbonyl (C=O) groups excluding carboxylic acids is 1. The number of aromatic amines is 1. The molecule has 1 aliphatic rings. The van der Waals surface area contributed by atoms with Gasteiger partial charge in [-0.15, -0.1) is 0 Å². The summed E-state index contributed by atoms with van der Waals surface area (Å²) >= 11 is 0. The minimum absolute atomic E-state index is 0.00765. The molecular weight excluding hydrogens is 414 g/mol. The second-order valence-corrected chi connectivity index (χ2v) is 9.41. The molecule has 4 rings (SSSR count). The van der Waals surface area contributed by atoms with Crippen molar-refractivity contribution in [2.45, 2.75) is 11.8 Å². The lowest BCUT2D eigenvalue weighted by atomic mass is 10.1. The van der Waals surface area contributed by atoms with E-state index < -0.39 is 10.0 Å². The average molecular weight is 438 g/mol. The number of hydrogen-bond acceptors (Lipinski definition) is 5. The summed E-state index contributed by atoms with van der Waals surface area (Å²) < 4.78 is 28.8. The van der Waals surface area contributed by atoms with E-state index in [2.05, 4.69) is 20.7 Å². The number of hydrogen-bond donors (Lipinski definition) is 2. The molecule has 0 atom stereocenters. The van der Waals surface area contributed by atoms with Gasteiger partial charge in [-0.2, -0.15) is 5.26 Å². The van der Waals surface area contributed by atoms with Crippen molar-refractivity contribution < 1.29 is 13.2 Å². The van der Waals surface area contributed by atoms with Crippen molar-refractivity contribution >= 4 is 32.5 Å². The lowest BCUT2D eigenvalue weighted by Gasteiger charge is -2.32. The highest BCUT2D eigenvalue weighted by molar-refractivity contribution is 7.92. The van der Waals surface area contributed by atoms with Crippen molar-refractivity contribution in [2.75, 3.05) is 37.9 Å². The van der Waals surface area contributed by atoms with Crippen LogP contribution in [0, 0.1) is 18.3 Å². The van der Waals surface area contributed by atoms with Crippen molar-refractivity contribution in [3.05, 3.63) is 59.3 Å². The molecule has 1 saturated heterocycles. The van der Waals surface area contributed by atoms with Crippen LogP contribution in [0.2, 0.25) is 0 Å². The van der Waals surface area contributed by atoms with Gasteiger partial charge in [0.1, 0.15) is 6.07 Å². The van der Waals surface area contributed by atoms with Crippen molar-refractivity contribution in [1.29, 1.82) is 5.26 Å². The predicted octanol–water partition coefficient (Wildman–Crippen LogP) is 2.54. The molecule has 8 nitrogen and oxygen atoms in total. The largest absolute Gasteiger partial charge is 0.358 e. The second-order valence-electron chi connectivity index (χ2n) is 7.72. The molecule has 3 aromatic rings. The van der Waals surface area contributed by atoms with Crippen LogP contribution in [0.4, 0.5) is 5.69 Å². The Morgan fingerprint density at radius 1 is 1.16 bits per heavy atom. The van der Waals surface area contributed by atoms with Crippen LogP contribution >= 0.6 is 0 Å². The van der Waals surface area contributed by atoms with E-state index in [1.807, 2.05) is 14.0 Å². The standard InChI is InChI=1S/C22H23N5O3S/c1-15-6-7-19(21-20(15)17(13-23)14-24-21)25-31(29,30)18-5-3-4-16(12-18)22(28)27-10-8-26(2)9-11-27/h3-7,12,14,24-25H,8-11H2,1-2H3. The molecule has 1 fully saturated rings. The number of amides is 1. The maximum absolute atomic E-state index is 13.1. The number of nitriles is 1. The molecular formula is C22H23N5O3S. The highest BCUT2D eigenvalue weighted by Gasteiger charge is 2.23. The summed E-state index contributed by atoms with van der Waals surface area (Å²) in [6, 6.07) is 11.6. The molecule has 2 aromatic carbocycles. The minimum atomic E-state index is -3.94. The molecule has 31 heavy (non-hydrogen) atoms. The number of sulfonamides is 1. The van der Waals surface area contributed by atoms with Crippen LogP contribution in [-0.2, 0) is 10.0 Å². The Morgan fingerprint density at radius 3 is 2.61 bits per heavy atom. The fourth-order valence-corrected chi connectivity index (χ4v) is 4.90. The van der Waals surface area contributed by atoms with Gasteiger partial charge in [0.05, 0.1) is 21.7 Å². The van der Waals surface area contributed by atoms with Crippen LogP contribution in [0.3, 0.4) is 0 Å². The summed E-state index contributed by atoms with van der Waals surface area (Å²) in [7, 11) is -1.94. The van der Waals surface area contributed by atoms with Gasteiger partial charge in [-0.25, -0.2) is 8.42 Å². The smallest absolute Gasteiger partial charge is 0.261 e. The maximum atomic E-state index is 13.1. The molecule has 0 bridgehead atoms. The van der Waals surface area contributed by atoms with E-state index >= 15 is 0 Å². The number of fused-ring (bicyclic) bond motifs is 1. The quantitative estimate of drug-likeness (QED) is 0.652. The van der Waals surface area contributed by atoms with Crippen LogP contribution in [0.15, 0.2) is 47.5 Å². The number of rotatable bonds is 4. The number of H-pyrrole nitrogens is 1. The Kier molecular flexibility index (Phi) is 5.43. The highest BCUT2D eigenvalue weighted by atomic mass is 32.2. The van der Waals surface area contributed by atoms with Gasteiger partial charge in [0.25, 0.3) is 15.9 Å². The van der Waals surface area contributed by atoms with Crippen LogP contribution in [0.1, 0.15) is 21.5 Å². The van der Waals surface area contributed by atoms with Crippen LogP contribution < -0.4 is 4.72 Å². The van der Waals surface area contributed by atoms with E-state index in [-0.39, 0.29) is 10.8 Å². The summed E-state index contributed by atoms with van der Waals surface area (Å²) in [6.07, 6.45) is 1.56. The van der Waals surface area contributed by atoms with Crippen LogP contribution in [0.5, 0.6) is 0 Å². The van der Waals surface area contributed by atoms with Crippen molar-refractivity contribution in [3.8, 4) is 6.07 Å². The third-order valence-electron chi connectivity index (χ3n) is 5.59. The second kappa shape index (κ2) is 8.06. The van der Waals surface area contributed by atoms with E-state index in [1.165, 1.54) is 12.1 Å². The monoisotopic (exact) mass is 437 g/mol. The molecule has 0 unspecified atom stereocenters. The minimum Gasteiger partial charge on any atom is -0.358 e. The van der Waals surface area contributed by atoms with Gasteiger partial charge in [-0.05, 0) is 43.8 Å². The van der Waals surface area contributed by atoms with E-state index in [1.54, 1.807) is 35.4 Å². The fraction of sp³-hybridized carbons (Fsp3) is 0.273. The lowest BCUT2D eigenvalue weighted by Crippen LogP contribution is -2.47. The van der Waals surface area contributed by atoms with Gasteiger partial charge in [0.2, 0.25) is 0 Å². The van der Waals surface area contributed by atoms with Crippen LogP contribution in [-0.4, -0.2) is 62.3 Å². The molecule has 160 valence electrons. The number of nitrogens with one attached hydrogen (secondary N) is 2. The van der Waals surface area contributed by atoms with Crippen molar-refractivity contribution in [3.63, 3.8) is 0 Å². The number of anilines is 1. The molecule has 1 aromatic heterocycles. The molecule has 2 heterocycles. The van der Waals surface area contributed by atoms with Gasteiger partial charge in [-0.1, -0.05) is 12.1 Å². The Balaban J connectivity index is 1.63. The number of nitrogens with zero attached hydrogens (tertiary/aromatic N) is 3. The first kappa shape index (κ1) is 20.9. The first-order chi connectivity index (χ1) is 14.8. The Labute approximate surface area is 181 Å². The lowest BCUT2D eigenvalue weighted by molar-refractivity contribution is 0.0664. The van der Waals surface area contributed by atoms with Gasteiger partial charge >= 0.3 is 0 Å². The number of carbonyl (C=O) groups is 1. The normalized spacial score (nSPS) is 15.1. The Hall–Kier alpha value is -3.35. The summed E-state index contributed by atoms with van der Waals surface area (Å²) in [5.41, 5.74) is 2.56. The fourth-order valence-electron chi connectivity index (χ4n) is 3.79. The predicted molar refractivity (Wildman–Crippen MR) is 118 cm³/mol. The molecule has 0 radical (unpaired) electrons. The van der Waals surface area contributed by atoms with Crippen LogP contribution in [0.25, 0.3) is 10.9 Å². The zero-order chi connectivity index (χ0) is 22.2. The first-order valence-electron chi connectivity index (χ1n) is 9.91. The SMILES string of the molecule is Cc1ccc(NS(=O)(=O)c2cccc(C(=O)N3CCN(C)CC3)c2)c2[nH]cc(C#N)c12. The molecule has 0 spiro atoms. The van der Waals surface area contributed by atoms with Crippen molar-refractivity contribution in [2.24, 2.45) is 0 Å². The van der Waals surface area contributed by atoms with E-state index in [4.69, 9.17) is 0 Å². The summed E-state index contributed by atoms with van der Waals surface area (Å²) in [6.45, 7) is 4.66. The third kappa shape index (κ3) is 4.00. The number of benzene rings is 2. The Morgan fingerprint density at radius 2 is 1.90 bits per heavy atom. The van der Waals surface area contributed by atoms with E-state index in [0.29, 0.717) is 40.8 Å². The highest BCUT2D eigenvalue weighted by Crippen LogP contribution is 2.30. The van der Waals surface area contributed by atoms with Gasteiger partial charge < -0.3 is 14.8 Å². The van der Waals surface area contributed by atoms with Gasteiger partial charge in [0.15, 0.2) is 0 Å². The van der Waals surface area contributed by atoms with Gasteiger partial charge in [0, 0.05) is 43.3 Å². The summed E-state index contributed by atoms with van der Waals surface area (Å²) in [5.74, 6) is -0.175. The number of likely N-dealkylation sites (N-methyl/N-ethyl adjacent to an activating group) is 1. The zero-order valence-electron chi connectivity index (χ0n) is 17.3. The molecule has 0 aliphatic carbocycles.